The fourth-order valence-electron chi connectivity index (χ4n) is 3.07. The molecule has 0 spiro atoms. The molecule has 0 aliphatic carbocycles. The highest BCUT2D eigenvalue weighted by atomic mass is 16.5. The van der Waals surface area contributed by atoms with Gasteiger partial charge in [-0.05, 0) is 37.3 Å². The predicted octanol–water partition coefficient (Wildman–Crippen LogP) is 1.92. The van der Waals surface area contributed by atoms with Gasteiger partial charge >= 0.3 is 5.97 Å². The molecule has 3 rings (SSSR count). The first-order chi connectivity index (χ1) is 13.0. The average molecular weight is 369 g/mol. The van der Waals surface area contributed by atoms with Gasteiger partial charge < -0.3 is 15.2 Å². The SMILES string of the molecule is C[C@H]1CNC(=O)CCN1Cc1cc(-c2ccccn2)ccc1OCC(=O)O. The van der Waals surface area contributed by atoms with Crippen LogP contribution in [-0.2, 0) is 16.1 Å². The molecule has 27 heavy (non-hydrogen) atoms. The minimum Gasteiger partial charge on any atom is -0.482 e. The molecule has 1 atom stereocenters. The summed E-state index contributed by atoms with van der Waals surface area (Å²) in [6.07, 6.45) is 2.17. The minimum absolute atomic E-state index is 0.0499. The van der Waals surface area contributed by atoms with Crippen LogP contribution in [-0.4, -0.2) is 52.6 Å². The quantitative estimate of drug-likeness (QED) is 0.808. The van der Waals surface area contributed by atoms with Crippen LogP contribution in [0.2, 0.25) is 0 Å². The molecule has 1 fully saturated rings. The number of hydrogen-bond donors (Lipinski definition) is 2. The van der Waals surface area contributed by atoms with Crippen LogP contribution in [0.3, 0.4) is 0 Å². The maximum atomic E-state index is 11.7. The Hall–Kier alpha value is -2.93. The van der Waals surface area contributed by atoms with Crippen LogP contribution >= 0.6 is 0 Å². The predicted molar refractivity (Wildman–Crippen MR) is 100 cm³/mol. The van der Waals surface area contributed by atoms with Gasteiger partial charge in [-0.15, -0.1) is 0 Å². The number of aliphatic carboxylic acids is 1. The lowest BCUT2D eigenvalue weighted by atomic mass is 10.1. The molecule has 1 aromatic heterocycles. The van der Waals surface area contributed by atoms with Gasteiger partial charge in [-0.3, -0.25) is 14.7 Å². The van der Waals surface area contributed by atoms with E-state index in [1.54, 1.807) is 12.3 Å². The monoisotopic (exact) mass is 369 g/mol. The van der Waals surface area contributed by atoms with Gasteiger partial charge in [0.1, 0.15) is 5.75 Å². The van der Waals surface area contributed by atoms with E-state index >= 15 is 0 Å². The van der Waals surface area contributed by atoms with E-state index in [1.165, 1.54) is 0 Å². The van der Waals surface area contributed by atoms with E-state index in [9.17, 15) is 9.59 Å². The van der Waals surface area contributed by atoms with Crippen molar-refractivity contribution in [1.29, 1.82) is 0 Å². The number of nitrogens with one attached hydrogen (secondary N) is 1. The highest BCUT2D eigenvalue weighted by Crippen LogP contribution is 2.27. The normalized spacial score (nSPS) is 17.8. The molecule has 142 valence electrons. The number of nitrogens with zero attached hydrogens (tertiary/aromatic N) is 2. The van der Waals surface area contributed by atoms with Crippen molar-refractivity contribution in [2.75, 3.05) is 19.7 Å². The molecule has 1 aliphatic heterocycles. The molecule has 2 heterocycles. The molecule has 2 N–H and O–H groups in total. The Morgan fingerprint density at radius 2 is 2.22 bits per heavy atom. The largest absolute Gasteiger partial charge is 0.482 e. The summed E-state index contributed by atoms with van der Waals surface area (Å²) in [6, 6.07) is 11.5. The molecule has 1 aliphatic rings. The zero-order valence-corrected chi connectivity index (χ0v) is 15.2. The molecule has 0 unspecified atom stereocenters. The van der Waals surface area contributed by atoms with E-state index in [-0.39, 0.29) is 11.9 Å². The van der Waals surface area contributed by atoms with Crippen molar-refractivity contribution in [1.82, 2.24) is 15.2 Å². The highest BCUT2D eigenvalue weighted by Gasteiger charge is 2.22. The summed E-state index contributed by atoms with van der Waals surface area (Å²) in [7, 11) is 0. The second-order valence-corrected chi connectivity index (χ2v) is 6.59. The Balaban J connectivity index is 1.88. The van der Waals surface area contributed by atoms with Crippen LogP contribution in [0.15, 0.2) is 42.6 Å². The van der Waals surface area contributed by atoms with E-state index in [4.69, 9.17) is 9.84 Å². The van der Waals surface area contributed by atoms with Gasteiger partial charge in [-0.2, -0.15) is 0 Å². The summed E-state index contributed by atoms with van der Waals surface area (Å²) >= 11 is 0. The van der Waals surface area contributed by atoms with E-state index in [2.05, 4.69) is 22.1 Å². The second-order valence-electron chi connectivity index (χ2n) is 6.59. The lowest BCUT2D eigenvalue weighted by molar-refractivity contribution is -0.139. The minimum atomic E-state index is -1.02. The fourth-order valence-corrected chi connectivity index (χ4v) is 3.07. The van der Waals surface area contributed by atoms with E-state index in [0.717, 1.165) is 16.8 Å². The first kappa shape index (κ1) is 18.8. The van der Waals surface area contributed by atoms with E-state index in [1.807, 2.05) is 30.3 Å². The van der Waals surface area contributed by atoms with Crippen molar-refractivity contribution in [2.45, 2.75) is 25.9 Å². The number of carbonyl (C=O) groups excluding carboxylic acids is 1. The third-order valence-electron chi connectivity index (χ3n) is 4.59. The van der Waals surface area contributed by atoms with Gasteiger partial charge in [0.2, 0.25) is 5.91 Å². The number of amides is 1. The summed E-state index contributed by atoms with van der Waals surface area (Å²) in [5.41, 5.74) is 2.65. The van der Waals surface area contributed by atoms with Gasteiger partial charge in [-0.1, -0.05) is 6.07 Å². The van der Waals surface area contributed by atoms with Crippen LogP contribution in [0.5, 0.6) is 5.75 Å². The molecule has 7 heteroatoms. The smallest absolute Gasteiger partial charge is 0.341 e. The molecular weight excluding hydrogens is 346 g/mol. The van der Waals surface area contributed by atoms with Crippen molar-refractivity contribution in [3.8, 4) is 17.0 Å². The Kier molecular flexibility index (Phi) is 6.03. The van der Waals surface area contributed by atoms with Crippen molar-refractivity contribution < 1.29 is 19.4 Å². The van der Waals surface area contributed by atoms with Gasteiger partial charge in [0.25, 0.3) is 0 Å². The van der Waals surface area contributed by atoms with Gasteiger partial charge in [0, 0.05) is 49.4 Å². The topological polar surface area (TPSA) is 91.8 Å². The molecule has 0 bridgehead atoms. The number of pyridine rings is 1. The molecule has 2 aromatic rings. The summed E-state index contributed by atoms with van der Waals surface area (Å²) in [6.45, 7) is 3.45. The first-order valence-corrected chi connectivity index (χ1v) is 8.92. The number of rotatable bonds is 6. The number of aromatic nitrogens is 1. The number of benzene rings is 1. The van der Waals surface area contributed by atoms with E-state index in [0.29, 0.717) is 31.8 Å². The number of ether oxygens (including phenoxy) is 1. The van der Waals surface area contributed by atoms with Gasteiger partial charge in [0.05, 0.1) is 5.69 Å². The van der Waals surface area contributed by atoms with E-state index < -0.39 is 12.6 Å². The molecule has 0 saturated carbocycles. The van der Waals surface area contributed by atoms with Crippen molar-refractivity contribution in [2.24, 2.45) is 0 Å². The molecule has 1 saturated heterocycles. The summed E-state index contributed by atoms with van der Waals surface area (Å²) in [4.78, 5) is 29.2. The van der Waals surface area contributed by atoms with Crippen molar-refractivity contribution >= 4 is 11.9 Å². The number of carboxylic acids is 1. The Bertz CT molecular complexity index is 810. The molecule has 7 nitrogen and oxygen atoms in total. The summed E-state index contributed by atoms with van der Waals surface area (Å²) in [5.74, 6) is -0.436. The molecule has 1 aromatic carbocycles. The third-order valence-corrected chi connectivity index (χ3v) is 4.59. The molecule has 0 radical (unpaired) electrons. The highest BCUT2D eigenvalue weighted by molar-refractivity contribution is 5.76. The molecular formula is C20H23N3O4. The van der Waals surface area contributed by atoms with Gasteiger partial charge in [-0.25, -0.2) is 4.79 Å². The maximum Gasteiger partial charge on any atom is 0.341 e. The zero-order valence-electron chi connectivity index (χ0n) is 15.2. The van der Waals surface area contributed by atoms with Crippen molar-refractivity contribution in [3.63, 3.8) is 0 Å². The third kappa shape index (κ3) is 5.04. The second kappa shape index (κ2) is 8.64. The maximum absolute atomic E-state index is 11.7. The van der Waals surface area contributed by atoms with Crippen LogP contribution in [0, 0.1) is 0 Å². The lowest BCUT2D eigenvalue weighted by Gasteiger charge is -2.27. The molecule has 1 amide bonds. The zero-order chi connectivity index (χ0) is 19.2. The Labute approximate surface area is 158 Å². The number of carbonyl (C=O) groups is 2. The van der Waals surface area contributed by atoms with Gasteiger partial charge in [0.15, 0.2) is 6.61 Å². The Morgan fingerprint density at radius 1 is 1.37 bits per heavy atom. The van der Waals surface area contributed by atoms with Crippen LogP contribution in [0.25, 0.3) is 11.3 Å². The van der Waals surface area contributed by atoms with Crippen LogP contribution in [0.1, 0.15) is 18.9 Å². The average Bonchev–Trinajstić information content (AvgIpc) is 2.83. The number of carboxylic acid groups (broad SMARTS) is 1. The lowest BCUT2D eigenvalue weighted by Crippen LogP contribution is -2.37. The fraction of sp³-hybridized carbons (Fsp3) is 0.350. The van der Waals surface area contributed by atoms with Crippen LogP contribution < -0.4 is 10.1 Å². The Morgan fingerprint density at radius 3 is 2.96 bits per heavy atom. The van der Waals surface area contributed by atoms with Crippen molar-refractivity contribution in [3.05, 3.63) is 48.2 Å². The number of hydrogen-bond acceptors (Lipinski definition) is 5. The van der Waals surface area contributed by atoms with Crippen LogP contribution in [0.4, 0.5) is 0 Å². The first-order valence-electron chi connectivity index (χ1n) is 8.92. The standard InChI is InChI=1S/C20H23N3O4/c1-14-11-22-19(24)7-9-23(14)12-16-10-15(17-4-2-3-8-21-17)5-6-18(16)27-13-20(25)26/h2-6,8,10,14H,7,9,11-13H2,1H3,(H,22,24)(H,25,26)/t14-/m0/s1. The summed E-state index contributed by atoms with van der Waals surface area (Å²) in [5, 5.41) is 11.8. The summed E-state index contributed by atoms with van der Waals surface area (Å²) < 4.78 is 5.49.